The van der Waals surface area contributed by atoms with Gasteiger partial charge in [-0.3, -0.25) is 10.7 Å². The monoisotopic (exact) mass is 743 g/mol. The molecular formula is C13H21O2Rf2-. The maximum absolute atomic E-state index is 12.0. The summed E-state index contributed by atoms with van der Waals surface area (Å²) in [5.74, 6) is 2.76. The van der Waals surface area contributed by atoms with Crippen LogP contribution in [-0.4, -0.2) is 11.6 Å². The largest absolute Gasteiger partial charge is 0.462 e. The first-order valence-electron chi connectivity index (χ1n) is 5.94. The van der Waals surface area contributed by atoms with Crippen LogP contribution in [0.5, 0.6) is 0 Å². The summed E-state index contributed by atoms with van der Waals surface area (Å²) in [4.78, 5) is 12.0. The minimum Gasteiger partial charge on any atom is -0.462 e. The Kier molecular flexibility index (Phi) is 3.53. The van der Waals surface area contributed by atoms with Gasteiger partial charge in [0.05, 0.1) is 0 Å². The molecule has 0 amide bonds. The molecule has 0 N–H and O–H groups in total. The second-order valence-corrected chi connectivity index (χ2v) is 6.03. The normalized spacial score (nSPS) is 31.6. The zero-order chi connectivity index (χ0) is 11.2. The molecule has 17 heavy (non-hydrogen) atoms. The van der Waals surface area contributed by atoms with E-state index in [-0.39, 0.29) is 17.5 Å². The van der Waals surface area contributed by atoms with Crippen LogP contribution in [0.1, 0.15) is 47.0 Å². The molecule has 0 aromatic carbocycles. The molecule has 90 valence electrons. The number of hydrogen-bond donors (Lipinski definition) is 0. The molecule has 2 fully saturated rings. The molecule has 3 atom stereocenters. The number of hydrogen-bond acceptors (Lipinski definition) is 2. The minimum absolute atomic E-state index is 0. The van der Waals surface area contributed by atoms with Crippen LogP contribution in [0.15, 0.2) is 0 Å². The van der Waals surface area contributed by atoms with Gasteiger partial charge in [0, 0.05) is 0 Å². The van der Waals surface area contributed by atoms with Crippen LogP contribution in [0.25, 0.3) is 0 Å². The first-order valence-corrected chi connectivity index (χ1v) is 5.94. The van der Waals surface area contributed by atoms with E-state index in [1.165, 1.54) is 25.2 Å². The average molecular weight is 743 g/mol. The predicted molar refractivity (Wildman–Crippen MR) is 59.1 cm³/mol. The molecule has 3 unspecified atom stereocenters. The molecule has 2 rings (SSSR count). The summed E-state index contributed by atoms with van der Waals surface area (Å²) in [6.45, 7) is 7.95. The first-order chi connectivity index (χ1) is 6.88. The van der Waals surface area contributed by atoms with Gasteiger partial charge >= 0.3 is 0 Å². The first kappa shape index (κ1) is 14.5. The Labute approximate surface area is 92.4 Å². The third-order valence-corrected chi connectivity index (χ3v) is 3.74. The molecule has 2 bridgehead atoms. The third kappa shape index (κ3) is 2.35. The molecule has 0 aromatic rings. The summed E-state index contributed by atoms with van der Waals surface area (Å²) in [5, 5.41) is 0. The Balaban J connectivity index is 0.00000128. The van der Waals surface area contributed by atoms with E-state index in [0.717, 1.165) is 0 Å². The Bertz CT molecular complexity index is 271. The number of carbonyl (C=O) groups is 1. The van der Waals surface area contributed by atoms with Crippen LogP contribution in [0.4, 0.5) is 0 Å². The Hall–Kier alpha value is -2.53. The van der Waals surface area contributed by atoms with E-state index in [2.05, 4.69) is 6.92 Å². The fraction of sp³-hybridized carbons (Fsp3) is 0.846. The van der Waals surface area contributed by atoms with Gasteiger partial charge in [0.15, 0.2) is 0 Å². The summed E-state index contributed by atoms with van der Waals surface area (Å²) < 4.78 is 5.48. The van der Waals surface area contributed by atoms with Crippen LogP contribution in [0, 0.1) is 23.7 Å². The fourth-order valence-corrected chi connectivity index (χ4v) is 3.10. The number of fused-ring (bicyclic) bond motifs is 2. The summed E-state index contributed by atoms with van der Waals surface area (Å²) in [6, 6.07) is 0. The SMILES string of the molecule is C[C-]1C2CCC(C2)C1C(=O)OC(C)(C)C.[Rf].[Rf]. The minimum atomic E-state index is -0.348. The number of ether oxygens (including phenoxy) is 1. The van der Waals surface area contributed by atoms with Crippen molar-refractivity contribution >= 4 is 5.97 Å². The smallest absolute Gasteiger partial charge is 0.279 e. The molecular weight excluding hydrogens is 722 g/mol. The molecule has 2 saturated carbocycles. The fourth-order valence-electron chi connectivity index (χ4n) is 3.10. The van der Waals surface area contributed by atoms with Gasteiger partial charge in [-0.25, -0.2) is 0 Å². The van der Waals surface area contributed by atoms with E-state index in [0.29, 0.717) is 11.8 Å². The van der Waals surface area contributed by atoms with Gasteiger partial charge in [0.2, 0.25) is 0 Å². The maximum atomic E-state index is 12.0. The van der Waals surface area contributed by atoms with Crippen molar-refractivity contribution < 1.29 is 9.53 Å². The van der Waals surface area contributed by atoms with Gasteiger partial charge in [0.1, 0.15) is 5.60 Å². The van der Waals surface area contributed by atoms with Crippen molar-refractivity contribution in [1.29, 1.82) is 0 Å². The van der Waals surface area contributed by atoms with Crippen molar-refractivity contribution in [3.8, 4) is 0 Å². The molecule has 0 aliphatic heterocycles. The molecule has 4 heteroatoms. The molecule has 0 aromatic heterocycles. The predicted octanol–water partition coefficient (Wildman–Crippen LogP) is 2.97. The zero-order valence-corrected chi connectivity index (χ0v) is 24.4. The molecule has 2 aliphatic carbocycles. The summed E-state index contributed by atoms with van der Waals surface area (Å²) in [5.41, 5.74) is -0.348. The summed E-state index contributed by atoms with van der Waals surface area (Å²) >= 11 is 0. The molecule has 2 nitrogen and oxygen atoms in total. The van der Waals surface area contributed by atoms with Gasteiger partial charge in [-0.05, 0) is 20.8 Å². The number of esters is 1. The van der Waals surface area contributed by atoms with E-state index < -0.39 is 0 Å². The van der Waals surface area contributed by atoms with Crippen LogP contribution in [-0.2, 0) is 9.53 Å². The van der Waals surface area contributed by atoms with Crippen LogP contribution >= 0.6 is 0 Å². The van der Waals surface area contributed by atoms with Crippen LogP contribution in [0.3, 0.4) is 0 Å². The van der Waals surface area contributed by atoms with Crippen molar-refractivity contribution in [3.63, 3.8) is 0 Å². The van der Waals surface area contributed by atoms with E-state index in [1.807, 2.05) is 20.8 Å². The van der Waals surface area contributed by atoms with Crippen molar-refractivity contribution in [2.24, 2.45) is 17.8 Å². The second kappa shape index (κ2) is 4.15. The van der Waals surface area contributed by atoms with Crippen LogP contribution in [0.2, 0.25) is 0 Å². The van der Waals surface area contributed by atoms with Crippen molar-refractivity contribution in [2.45, 2.75) is 52.6 Å². The van der Waals surface area contributed by atoms with Gasteiger partial charge in [0.25, 0.3) is 5.97 Å². The zero-order valence-electron chi connectivity index (χ0n) is 11.6. The Morgan fingerprint density at radius 3 is 2.24 bits per heavy atom. The number of carbonyl (C=O) groups excluding carboxylic acids is 1. The average Bonchev–Trinajstić information content (AvgIpc) is 2.59. The maximum Gasteiger partial charge on any atom is 0.279 e. The standard InChI is InChI=1S/C13H21O2.2Rf/c1-8-9-5-6-10(7-9)11(8)12(14)15-13(2,3)4;;/h9-11H,5-7H2,1-4H3;;/q-1;;. The molecule has 0 heterocycles. The molecule has 0 saturated heterocycles. The van der Waals surface area contributed by atoms with Crippen LogP contribution < -0.4 is 0 Å². The molecule has 0 radical (unpaired) electrons. The molecule has 0 spiro atoms. The summed E-state index contributed by atoms with van der Waals surface area (Å²) in [7, 11) is 0. The van der Waals surface area contributed by atoms with E-state index in [1.54, 1.807) is 0 Å². The van der Waals surface area contributed by atoms with Crippen molar-refractivity contribution in [3.05, 3.63) is 5.92 Å². The second-order valence-electron chi connectivity index (χ2n) is 6.03. The van der Waals surface area contributed by atoms with Crippen molar-refractivity contribution in [2.75, 3.05) is 0 Å². The van der Waals surface area contributed by atoms with Gasteiger partial charge < -0.3 is 4.74 Å². The number of rotatable bonds is 1. The summed E-state index contributed by atoms with van der Waals surface area (Å²) in [6.07, 6.45) is 3.72. The van der Waals surface area contributed by atoms with E-state index in [9.17, 15) is 4.79 Å². The Morgan fingerprint density at radius 1 is 1.24 bits per heavy atom. The van der Waals surface area contributed by atoms with Gasteiger partial charge in [-0.1, -0.05) is 31.1 Å². The topological polar surface area (TPSA) is 26.3 Å². The van der Waals surface area contributed by atoms with Gasteiger partial charge in [-0.15, -0.1) is 0 Å². The van der Waals surface area contributed by atoms with E-state index >= 15 is 0 Å². The quantitative estimate of drug-likeness (QED) is 0.306. The Morgan fingerprint density at radius 2 is 1.82 bits per heavy atom. The van der Waals surface area contributed by atoms with Crippen molar-refractivity contribution in [1.82, 2.24) is 0 Å². The van der Waals surface area contributed by atoms with E-state index in [4.69, 9.17) is 4.74 Å². The third-order valence-electron chi connectivity index (χ3n) is 3.74. The molecule has 2 aliphatic rings. The van der Waals surface area contributed by atoms with Gasteiger partial charge in [-0.2, -0.15) is 12.8 Å².